The number of ether oxygens (including phenoxy) is 1. The molecular formula is C24H18F3N7O2. The molecule has 2 aromatic carbocycles. The number of imidazole rings is 1. The monoisotopic (exact) mass is 493 g/mol. The average molecular weight is 493 g/mol. The van der Waals surface area contributed by atoms with Crippen LogP contribution >= 0.6 is 0 Å². The number of methoxy groups -OCH3 is 1. The highest BCUT2D eigenvalue weighted by atomic mass is 19.4. The van der Waals surface area contributed by atoms with E-state index in [4.69, 9.17) is 4.74 Å². The molecule has 0 aliphatic rings. The van der Waals surface area contributed by atoms with Gasteiger partial charge < -0.3 is 9.30 Å². The first kappa shape index (κ1) is 23.0. The van der Waals surface area contributed by atoms with Gasteiger partial charge in [-0.15, -0.1) is 5.10 Å². The summed E-state index contributed by atoms with van der Waals surface area (Å²) >= 11 is 0. The molecule has 0 radical (unpaired) electrons. The van der Waals surface area contributed by atoms with Gasteiger partial charge in [-0.3, -0.25) is 10.1 Å². The Morgan fingerprint density at radius 3 is 2.67 bits per heavy atom. The number of amides is 1. The van der Waals surface area contributed by atoms with Crippen LogP contribution in [0.4, 0.5) is 19.1 Å². The van der Waals surface area contributed by atoms with Crippen molar-refractivity contribution >= 4 is 22.9 Å². The zero-order valence-electron chi connectivity index (χ0n) is 18.8. The molecule has 0 atom stereocenters. The number of rotatable bonds is 6. The quantitative estimate of drug-likeness (QED) is 0.378. The van der Waals surface area contributed by atoms with Gasteiger partial charge in [-0.1, -0.05) is 29.5 Å². The van der Waals surface area contributed by atoms with E-state index < -0.39 is 17.6 Å². The molecule has 5 aromatic rings. The van der Waals surface area contributed by atoms with Crippen LogP contribution in [0.15, 0.2) is 73.1 Å². The van der Waals surface area contributed by atoms with Crippen LogP contribution in [0.3, 0.4) is 0 Å². The Labute approximate surface area is 202 Å². The van der Waals surface area contributed by atoms with E-state index in [1.807, 2.05) is 53.1 Å². The number of para-hydroxylation sites is 2. The molecule has 0 unspecified atom stereocenters. The predicted molar refractivity (Wildman–Crippen MR) is 124 cm³/mol. The Morgan fingerprint density at radius 1 is 1.08 bits per heavy atom. The fraction of sp³-hybridized carbons (Fsp3) is 0.125. The lowest BCUT2D eigenvalue weighted by molar-refractivity contribution is -0.137. The largest absolute Gasteiger partial charge is 0.497 e. The minimum Gasteiger partial charge on any atom is -0.497 e. The zero-order valence-corrected chi connectivity index (χ0v) is 18.8. The first-order valence-electron chi connectivity index (χ1n) is 10.7. The van der Waals surface area contributed by atoms with E-state index in [0.29, 0.717) is 30.0 Å². The number of pyridine rings is 1. The van der Waals surface area contributed by atoms with E-state index in [2.05, 4.69) is 25.6 Å². The number of halogens is 3. The fourth-order valence-corrected chi connectivity index (χ4v) is 3.62. The van der Waals surface area contributed by atoms with Crippen LogP contribution in [-0.4, -0.2) is 42.5 Å². The maximum Gasteiger partial charge on any atom is 0.417 e. The second-order valence-corrected chi connectivity index (χ2v) is 7.77. The summed E-state index contributed by atoms with van der Waals surface area (Å²) < 4.78 is 46.6. The molecule has 0 bridgehead atoms. The van der Waals surface area contributed by atoms with Crippen molar-refractivity contribution in [2.24, 2.45) is 0 Å². The van der Waals surface area contributed by atoms with Crippen LogP contribution < -0.4 is 10.1 Å². The van der Waals surface area contributed by atoms with Crippen molar-refractivity contribution in [2.45, 2.75) is 12.7 Å². The van der Waals surface area contributed by atoms with E-state index in [-0.39, 0.29) is 11.5 Å². The number of aromatic nitrogens is 6. The van der Waals surface area contributed by atoms with Gasteiger partial charge >= 0.3 is 6.18 Å². The summed E-state index contributed by atoms with van der Waals surface area (Å²) in [6.07, 6.45) is -2.53. The zero-order chi connectivity index (χ0) is 25.3. The van der Waals surface area contributed by atoms with Crippen LogP contribution in [0.5, 0.6) is 5.75 Å². The number of carbonyl (C=O) groups excluding carboxylic acids is 1. The smallest absolute Gasteiger partial charge is 0.417 e. The van der Waals surface area contributed by atoms with Gasteiger partial charge in [-0.25, -0.2) is 14.6 Å². The fourth-order valence-electron chi connectivity index (χ4n) is 3.62. The summed E-state index contributed by atoms with van der Waals surface area (Å²) in [5.74, 6) is 0.498. The first-order valence-corrected chi connectivity index (χ1v) is 10.7. The maximum absolute atomic E-state index is 13.0. The second kappa shape index (κ2) is 9.13. The summed E-state index contributed by atoms with van der Waals surface area (Å²) in [5.41, 5.74) is 1.49. The Hall–Kier alpha value is -4.74. The molecular weight excluding hydrogens is 475 g/mol. The molecule has 0 saturated carbocycles. The molecule has 5 rings (SSSR count). The number of benzene rings is 2. The highest BCUT2D eigenvalue weighted by Gasteiger charge is 2.30. The first-order chi connectivity index (χ1) is 17.3. The lowest BCUT2D eigenvalue weighted by Gasteiger charge is -2.10. The normalized spacial score (nSPS) is 11.6. The number of alkyl halides is 3. The standard InChI is InChI=1S/C24H18F3N7O2/c1-36-17-6-4-5-15(11-17)13-33-20-8-3-2-7-18(20)29-23(33)30-22(35)19-14-34(32-31-19)21-10-9-16(12-28-21)24(25,26)27/h2-12,14H,13H2,1H3,(H,29,30,35). The van der Waals surface area contributed by atoms with Gasteiger partial charge in [0.15, 0.2) is 11.5 Å². The molecule has 0 aliphatic heterocycles. The van der Waals surface area contributed by atoms with Gasteiger partial charge in [0.25, 0.3) is 5.91 Å². The van der Waals surface area contributed by atoms with E-state index >= 15 is 0 Å². The minimum atomic E-state index is -4.50. The molecule has 0 saturated heterocycles. The molecule has 0 fully saturated rings. The maximum atomic E-state index is 13.0. The summed E-state index contributed by atoms with van der Waals surface area (Å²) in [6.45, 7) is 0.412. The molecule has 0 aliphatic carbocycles. The van der Waals surface area contributed by atoms with Gasteiger partial charge in [0.05, 0.1) is 36.4 Å². The SMILES string of the molecule is COc1cccc(Cn2c(NC(=O)c3cn(-c4ccc(C(F)(F)F)cn4)nn3)nc3ccccc32)c1. The van der Waals surface area contributed by atoms with Gasteiger partial charge in [0, 0.05) is 6.20 Å². The predicted octanol–water partition coefficient (Wildman–Crippen LogP) is 4.34. The Balaban J connectivity index is 1.41. The van der Waals surface area contributed by atoms with Crippen molar-refractivity contribution in [3.05, 3.63) is 89.9 Å². The van der Waals surface area contributed by atoms with Crippen LogP contribution in [0.2, 0.25) is 0 Å². The second-order valence-electron chi connectivity index (χ2n) is 7.77. The molecule has 36 heavy (non-hydrogen) atoms. The topological polar surface area (TPSA) is 99.8 Å². The van der Waals surface area contributed by atoms with Crippen molar-refractivity contribution < 1.29 is 22.7 Å². The van der Waals surface area contributed by atoms with E-state index in [1.54, 1.807) is 7.11 Å². The minimum absolute atomic E-state index is 0.0586. The molecule has 1 amide bonds. The summed E-state index contributed by atoms with van der Waals surface area (Å²) in [6, 6.07) is 17.0. The van der Waals surface area contributed by atoms with Crippen LogP contribution in [0.1, 0.15) is 21.6 Å². The van der Waals surface area contributed by atoms with Crippen molar-refractivity contribution in [1.29, 1.82) is 0 Å². The van der Waals surface area contributed by atoms with Crippen LogP contribution in [0, 0.1) is 0 Å². The summed E-state index contributed by atoms with van der Waals surface area (Å²) in [7, 11) is 1.59. The van der Waals surface area contributed by atoms with Gasteiger partial charge in [-0.2, -0.15) is 13.2 Å². The summed E-state index contributed by atoms with van der Waals surface area (Å²) in [5, 5.41) is 10.4. The molecule has 3 aromatic heterocycles. The third kappa shape index (κ3) is 4.60. The van der Waals surface area contributed by atoms with Crippen molar-refractivity contribution in [3.8, 4) is 11.6 Å². The number of hydrogen-bond acceptors (Lipinski definition) is 6. The van der Waals surface area contributed by atoms with E-state index in [1.165, 1.54) is 6.20 Å². The number of carbonyl (C=O) groups is 1. The van der Waals surface area contributed by atoms with Crippen LogP contribution in [-0.2, 0) is 12.7 Å². The molecule has 0 spiro atoms. The third-order valence-electron chi connectivity index (χ3n) is 5.39. The molecule has 12 heteroatoms. The lowest BCUT2D eigenvalue weighted by atomic mass is 10.2. The van der Waals surface area contributed by atoms with Gasteiger partial charge in [0.1, 0.15) is 5.75 Å². The highest BCUT2D eigenvalue weighted by molar-refractivity contribution is 6.02. The van der Waals surface area contributed by atoms with E-state index in [0.717, 1.165) is 27.9 Å². The van der Waals surface area contributed by atoms with Crippen molar-refractivity contribution in [1.82, 2.24) is 29.5 Å². The molecule has 9 nitrogen and oxygen atoms in total. The van der Waals surface area contributed by atoms with Gasteiger partial charge in [0.2, 0.25) is 5.95 Å². The van der Waals surface area contributed by atoms with Gasteiger partial charge in [-0.05, 0) is 42.0 Å². The molecule has 1 N–H and O–H groups in total. The molecule has 3 heterocycles. The average Bonchev–Trinajstić information content (AvgIpc) is 3.50. The Bertz CT molecular complexity index is 1540. The number of nitrogens with zero attached hydrogens (tertiary/aromatic N) is 6. The number of hydrogen-bond donors (Lipinski definition) is 1. The number of fused-ring (bicyclic) bond motifs is 1. The number of anilines is 1. The van der Waals surface area contributed by atoms with Crippen molar-refractivity contribution in [3.63, 3.8) is 0 Å². The van der Waals surface area contributed by atoms with E-state index in [9.17, 15) is 18.0 Å². The van der Waals surface area contributed by atoms with Crippen LogP contribution in [0.25, 0.3) is 16.9 Å². The third-order valence-corrected chi connectivity index (χ3v) is 5.39. The number of nitrogens with one attached hydrogen (secondary N) is 1. The lowest BCUT2D eigenvalue weighted by Crippen LogP contribution is -2.17. The molecule has 182 valence electrons. The Morgan fingerprint density at radius 2 is 1.92 bits per heavy atom. The Kier molecular flexibility index (Phi) is 5.84. The highest BCUT2D eigenvalue weighted by Crippen LogP contribution is 2.28. The van der Waals surface area contributed by atoms with Crippen molar-refractivity contribution in [2.75, 3.05) is 12.4 Å². The summed E-state index contributed by atoms with van der Waals surface area (Å²) in [4.78, 5) is 21.3.